The molecule has 2 fully saturated rings. The van der Waals surface area contributed by atoms with Gasteiger partial charge in [0, 0.05) is 50.4 Å². The fraction of sp³-hybridized carbons (Fsp3) is 0.462. The van der Waals surface area contributed by atoms with Gasteiger partial charge in [0.25, 0.3) is 0 Å². The number of benzene rings is 2. The first-order valence-electron chi connectivity index (χ1n) is 11.7. The Kier molecular flexibility index (Phi) is 11.3. The van der Waals surface area contributed by atoms with Gasteiger partial charge in [-0.25, -0.2) is 0 Å². The van der Waals surface area contributed by atoms with Crippen LogP contribution in [0.4, 0.5) is 11.4 Å². The Labute approximate surface area is 215 Å². The molecule has 2 aliphatic rings. The minimum atomic E-state index is -0.124. The highest BCUT2D eigenvalue weighted by Crippen LogP contribution is 2.31. The Morgan fingerprint density at radius 3 is 2.47 bits per heavy atom. The van der Waals surface area contributed by atoms with Crippen molar-refractivity contribution in [1.82, 2.24) is 10.2 Å². The lowest BCUT2D eigenvalue weighted by Gasteiger charge is -2.46. The molecule has 0 unspecified atom stereocenters. The maximum atomic E-state index is 12.4. The number of hydrogen-bond donors (Lipinski definition) is 3. The van der Waals surface area contributed by atoms with E-state index in [0.717, 1.165) is 38.4 Å². The number of anilines is 2. The van der Waals surface area contributed by atoms with Gasteiger partial charge >= 0.3 is 0 Å². The van der Waals surface area contributed by atoms with E-state index in [1.807, 2.05) is 18.2 Å². The number of hydrogen-bond acceptors (Lipinski definition) is 4. The van der Waals surface area contributed by atoms with Crippen LogP contribution in [0.15, 0.2) is 54.6 Å². The zero-order valence-corrected chi connectivity index (χ0v) is 21.3. The second-order valence-corrected chi connectivity index (χ2v) is 9.26. The van der Waals surface area contributed by atoms with Gasteiger partial charge in [0.05, 0.1) is 0 Å². The summed E-state index contributed by atoms with van der Waals surface area (Å²) in [4.78, 5) is 26.3. The smallest absolute Gasteiger partial charge is 0.224 e. The summed E-state index contributed by atoms with van der Waals surface area (Å²) in [6.45, 7) is 5.88. The molecule has 0 saturated carbocycles. The second kappa shape index (κ2) is 13.7. The van der Waals surface area contributed by atoms with Crippen molar-refractivity contribution in [1.29, 1.82) is 0 Å². The van der Waals surface area contributed by atoms with Crippen LogP contribution in [0.3, 0.4) is 0 Å². The van der Waals surface area contributed by atoms with Crippen LogP contribution in [0.25, 0.3) is 0 Å². The lowest BCUT2D eigenvalue weighted by atomic mass is 9.79. The highest BCUT2D eigenvalue weighted by atomic mass is 35.5. The number of nitrogens with zero attached hydrogens (tertiary/aromatic N) is 1. The normalized spacial score (nSPS) is 21.5. The summed E-state index contributed by atoms with van der Waals surface area (Å²) in [7, 11) is 0. The molecule has 186 valence electrons. The Bertz CT molecular complexity index is 928. The van der Waals surface area contributed by atoms with Gasteiger partial charge in [-0.3, -0.25) is 14.5 Å². The fourth-order valence-electron chi connectivity index (χ4n) is 5.17. The molecule has 2 saturated heterocycles. The molecular weight excluding hydrogens is 471 g/mol. The van der Waals surface area contributed by atoms with Gasteiger partial charge in [-0.2, -0.15) is 0 Å². The number of halogens is 2. The third-order valence-corrected chi connectivity index (χ3v) is 6.52. The van der Waals surface area contributed by atoms with Gasteiger partial charge < -0.3 is 16.0 Å². The van der Waals surface area contributed by atoms with E-state index in [2.05, 4.69) is 51.2 Å². The molecule has 2 bridgehead atoms. The van der Waals surface area contributed by atoms with Gasteiger partial charge in [0.2, 0.25) is 11.8 Å². The molecule has 4 rings (SSSR count). The highest BCUT2D eigenvalue weighted by molar-refractivity contribution is 5.93. The van der Waals surface area contributed by atoms with E-state index in [1.165, 1.54) is 25.5 Å². The molecule has 2 aromatic rings. The zero-order valence-electron chi connectivity index (χ0n) is 19.7. The Morgan fingerprint density at radius 1 is 1.00 bits per heavy atom. The number of fused-ring (bicyclic) bond motifs is 2. The van der Waals surface area contributed by atoms with Gasteiger partial charge in [-0.05, 0) is 61.4 Å². The molecule has 2 heterocycles. The predicted octanol–water partition coefficient (Wildman–Crippen LogP) is 4.71. The van der Waals surface area contributed by atoms with Gasteiger partial charge in [0.15, 0.2) is 0 Å². The molecule has 2 aliphatic heterocycles. The van der Waals surface area contributed by atoms with E-state index in [1.54, 1.807) is 6.07 Å². The van der Waals surface area contributed by atoms with E-state index < -0.39 is 0 Å². The van der Waals surface area contributed by atoms with Crippen LogP contribution in [0.2, 0.25) is 0 Å². The lowest BCUT2D eigenvalue weighted by molar-refractivity contribution is -0.116. The van der Waals surface area contributed by atoms with E-state index in [-0.39, 0.29) is 36.6 Å². The van der Waals surface area contributed by atoms with E-state index in [4.69, 9.17) is 0 Å². The van der Waals surface area contributed by atoms with Crippen molar-refractivity contribution in [3.05, 3.63) is 60.2 Å². The Balaban J connectivity index is 0.00000204. The number of nitrogens with one attached hydrogen (secondary N) is 3. The van der Waals surface area contributed by atoms with Crippen LogP contribution in [-0.2, 0) is 16.1 Å². The van der Waals surface area contributed by atoms with Crippen molar-refractivity contribution in [3.63, 3.8) is 0 Å². The summed E-state index contributed by atoms with van der Waals surface area (Å²) in [5.41, 5.74) is 2.79. The van der Waals surface area contributed by atoms with Gasteiger partial charge in [-0.1, -0.05) is 36.4 Å². The minimum Gasteiger partial charge on any atom is -0.326 e. The molecular formula is C26H36Cl2N4O2. The molecule has 8 heteroatoms. The van der Waals surface area contributed by atoms with Gasteiger partial charge in [-0.15, -0.1) is 24.8 Å². The van der Waals surface area contributed by atoms with Crippen molar-refractivity contribution in [3.8, 4) is 0 Å². The molecule has 0 aromatic heterocycles. The van der Waals surface area contributed by atoms with E-state index in [9.17, 15) is 9.59 Å². The molecule has 0 spiro atoms. The monoisotopic (exact) mass is 506 g/mol. The Morgan fingerprint density at radius 2 is 1.74 bits per heavy atom. The summed E-state index contributed by atoms with van der Waals surface area (Å²) in [5.74, 6) is 1.28. The Hall–Kier alpha value is -2.12. The molecule has 0 aliphatic carbocycles. The van der Waals surface area contributed by atoms with E-state index >= 15 is 0 Å². The van der Waals surface area contributed by atoms with Crippen LogP contribution >= 0.6 is 24.8 Å². The van der Waals surface area contributed by atoms with Crippen molar-refractivity contribution in [2.24, 2.45) is 11.8 Å². The third kappa shape index (κ3) is 8.27. The maximum Gasteiger partial charge on any atom is 0.224 e. The minimum absolute atomic E-state index is 0. The largest absolute Gasteiger partial charge is 0.326 e. The first kappa shape index (κ1) is 28.1. The van der Waals surface area contributed by atoms with Crippen LogP contribution in [0, 0.1) is 11.8 Å². The molecule has 34 heavy (non-hydrogen) atoms. The average Bonchev–Trinajstić information content (AvgIpc) is 2.76. The average molecular weight is 508 g/mol. The number of carbonyl (C=O) groups is 2. The van der Waals surface area contributed by atoms with Crippen molar-refractivity contribution in [2.75, 3.05) is 30.3 Å². The summed E-state index contributed by atoms with van der Waals surface area (Å²) in [5, 5.41) is 9.45. The number of amides is 2. The van der Waals surface area contributed by atoms with Crippen LogP contribution in [-0.4, -0.2) is 42.4 Å². The molecule has 6 nitrogen and oxygen atoms in total. The predicted molar refractivity (Wildman–Crippen MR) is 143 cm³/mol. The standard InChI is InChI=1S/C26H34N4O2.2ClH/c1-19(31)28-23-9-5-10-24(14-23)29-26(32)12-6-11-25-22-13-21(15-27-25)17-30(18-22)16-20-7-3-2-4-8-20;;/h2-5,7-10,14,21-22,25,27H,6,11-13,15-18H2,1H3,(H,28,31)(H,29,32);2*1H/t21-,22+,25+;;/m0../s1. The maximum absolute atomic E-state index is 12.4. The topological polar surface area (TPSA) is 73.5 Å². The first-order valence-corrected chi connectivity index (χ1v) is 11.7. The number of piperidine rings is 2. The molecule has 0 radical (unpaired) electrons. The quantitative estimate of drug-likeness (QED) is 0.484. The first-order chi connectivity index (χ1) is 15.5. The zero-order chi connectivity index (χ0) is 22.3. The second-order valence-electron chi connectivity index (χ2n) is 9.26. The SMILES string of the molecule is CC(=O)Nc1cccc(NC(=O)CCC[C@H]2NC[C@@H]3C[C@@H]2CN(Cc2ccccc2)C3)c1.Cl.Cl. The van der Waals surface area contributed by atoms with Crippen molar-refractivity contribution >= 4 is 48.0 Å². The van der Waals surface area contributed by atoms with Crippen LogP contribution in [0.5, 0.6) is 0 Å². The summed E-state index contributed by atoms with van der Waals surface area (Å²) >= 11 is 0. The third-order valence-electron chi connectivity index (χ3n) is 6.52. The van der Waals surface area contributed by atoms with Gasteiger partial charge in [0.1, 0.15) is 0 Å². The molecule has 3 atom stereocenters. The van der Waals surface area contributed by atoms with Crippen LogP contribution < -0.4 is 16.0 Å². The molecule has 2 amide bonds. The summed E-state index contributed by atoms with van der Waals surface area (Å²) < 4.78 is 0. The number of rotatable bonds is 8. The summed E-state index contributed by atoms with van der Waals surface area (Å²) in [6, 6.07) is 18.5. The van der Waals surface area contributed by atoms with Crippen LogP contribution in [0.1, 0.15) is 38.2 Å². The number of carbonyl (C=O) groups excluding carboxylic acids is 2. The lowest BCUT2D eigenvalue weighted by Crippen LogP contribution is -2.55. The molecule has 2 aromatic carbocycles. The summed E-state index contributed by atoms with van der Waals surface area (Å²) in [6.07, 6.45) is 3.70. The highest BCUT2D eigenvalue weighted by Gasteiger charge is 2.36. The number of likely N-dealkylation sites (tertiary alicyclic amines) is 1. The molecule has 3 N–H and O–H groups in total. The fourth-order valence-corrected chi connectivity index (χ4v) is 5.17. The van der Waals surface area contributed by atoms with Crippen molar-refractivity contribution < 1.29 is 9.59 Å². The van der Waals surface area contributed by atoms with Crippen molar-refractivity contribution in [2.45, 2.75) is 45.2 Å². The van der Waals surface area contributed by atoms with E-state index in [0.29, 0.717) is 29.8 Å².